The van der Waals surface area contributed by atoms with Crippen LogP contribution in [0.1, 0.15) is 10.4 Å². The number of amides is 1. The van der Waals surface area contributed by atoms with Gasteiger partial charge in [-0.2, -0.15) is 8.78 Å². The first kappa shape index (κ1) is 19.5. The van der Waals surface area contributed by atoms with Crippen LogP contribution in [0.4, 0.5) is 14.5 Å². The van der Waals surface area contributed by atoms with Crippen molar-refractivity contribution in [1.82, 2.24) is 0 Å². The number of nitrogens with one attached hydrogen (secondary N) is 1. The first-order valence-corrected chi connectivity index (χ1v) is 7.62. The third-order valence-corrected chi connectivity index (χ3v) is 3.36. The second kappa shape index (κ2) is 9.00. The van der Waals surface area contributed by atoms with Gasteiger partial charge in [0.1, 0.15) is 11.5 Å². The van der Waals surface area contributed by atoms with Gasteiger partial charge in [0, 0.05) is 5.69 Å². The Morgan fingerprint density at radius 2 is 1.96 bits per heavy atom. The van der Waals surface area contributed by atoms with Crippen LogP contribution in [-0.2, 0) is 9.53 Å². The zero-order chi connectivity index (χ0) is 19.1. The normalized spacial score (nSPS) is 10.3. The number of hydrogen-bond donors (Lipinski definition) is 1. The van der Waals surface area contributed by atoms with Crippen LogP contribution in [0.25, 0.3) is 0 Å². The lowest BCUT2D eigenvalue weighted by Crippen LogP contribution is -2.21. The van der Waals surface area contributed by atoms with E-state index in [1.807, 2.05) is 0 Å². The number of benzene rings is 2. The van der Waals surface area contributed by atoms with E-state index in [9.17, 15) is 18.4 Å². The summed E-state index contributed by atoms with van der Waals surface area (Å²) in [6.45, 7) is -3.58. The van der Waals surface area contributed by atoms with Crippen LogP contribution in [0.3, 0.4) is 0 Å². The minimum atomic E-state index is -3.01. The summed E-state index contributed by atoms with van der Waals surface area (Å²) >= 11 is 5.94. The molecule has 0 fully saturated rings. The van der Waals surface area contributed by atoms with E-state index in [-0.39, 0.29) is 11.3 Å². The maximum absolute atomic E-state index is 12.2. The molecule has 0 saturated heterocycles. The molecule has 0 unspecified atom stereocenters. The summed E-state index contributed by atoms with van der Waals surface area (Å²) in [6.07, 6.45) is 0. The molecule has 0 aromatic heterocycles. The van der Waals surface area contributed by atoms with E-state index >= 15 is 0 Å². The number of carbonyl (C=O) groups is 2. The Labute approximate surface area is 152 Å². The third-order valence-electron chi connectivity index (χ3n) is 3.06. The van der Waals surface area contributed by atoms with Crippen molar-refractivity contribution in [2.24, 2.45) is 0 Å². The Hall–Kier alpha value is -2.87. The van der Waals surface area contributed by atoms with Crippen LogP contribution >= 0.6 is 11.6 Å². The van der Waals surface area contributed by atoms with Gasteiger partial charge in [0.05, 0.1) is 17.7 Å². The molecule has 0 spiro atoms. The molecule has 138 valence electrons. The Kier molecular flexibility index (Phi) is 6.74. The van der Waals surface area contributed by atoms with Crippen molar-refractivity contribution in [2.75, 3.05) is 19.0 Å². The van der Waals surface area contributed by atoms with Crippen LogP contribution in [-0.4, -0.2) is 32.2 Å². The van der Waals surface area contributed by atoms with E-state index < -0.39 is 25.1 Å². The van der Waals surface area contributed by atoms with Gasteiger partial charge in [0.15, 0.2) is 6.61 Å². The Balaban J connectivity index is 1.90. The lowest BCUT2D eigenvalue weighted by atomic mass is 10.2. The van der Waals surface area contributed by atoms with Crippen LogP contribution < -0.4 is 14.8 Å². The van der Waals surface area contributed by atoms with Gasteiger partial charge in [0.25, 0.3) is 5.91 Å². The molecule has 26 heavy (non-hydrogen) atoms. The molecule has 0 heterocycles. The average Bonchev–Trinajstić information content (AvgIpc) is 2.59. The summed E-state index contributed by atoms with van der Waals surface area (Å²) in [5, 5.41) is 2.80. The van der Waals surface area contributed by atoms with Gasteiger partial charge in [-0.05, 0) is 36.4 Å². The maximum atomic E-state index is 12.2. The van der Waals surface area contributed by atoms with Crippen molar-refractivity contribution in [3.63, 3.8) is 0 Å². The van der Waals surface area contributed by atoms with E-state index in [1.165, 1.54) is 31.4 Å². The molecular weight excluding hydrogens is 372 g/mol. The number of rotatable bonds is 7. The van der Waals surface area contributed by atoms with E-state index in [2.05, 4.69) is 10.1 Å². The van der Waals surface area contributed by atoms with Gasteiger partial charge in [-0.1, -0.05) is 17.7 Å². The van der Waals surface area contributed by atoms with Crippen molar-refractivity contribution < 1.29 is 32.6 Å². The SMILES string of the molecule is COc1ccc(NC(=O)COC(=O)c2cccc(OC(F)F)c2)cc1Cl. The number of hydrogen-bond acceptors (Lipinski definition) is 5. The minimum absolute atomic E-state index is 0.0246. The largest absolute Gasteiger partial charge is 0.495 e. The molecule has 6 nitrogen and oxygen atoms in total. The zero-order valence-corrected chi connectivity index (χ0v) is 14.3. The average molecular weight is 386 g/mol. The molecule has 2 rings (SSSR count). The van der Waals surface area contributed by atoms with Crippen molar-refractivity contribution in [3.05, 3.63) is 53.1 Å². The number of alkyl halides is 2. The molecule has 0 aliphatic carbocycles. The number of methoxy groups -OCH3 is 1. The number of carbonyl (C=O) groups excluding carboxylic acids is 2. The van der Waals surface area contributed by atoms with Crippen LogP contribution in [0, 0.1) is 0 Å². The van der Waals surface area contributed by atoms with Gasteiger partial charge in [-0.25, -0.2) is 4.79 Å². The van der Waals surface area contributed by atoms with Crippen molar-refractivity contribution in [1.29, 1.82) is 0 Å². The predicted octanol–water partition coefficient (Wildman–Crippen LogP) is 3.75. The van der Waals surface area contributed by atoms with Gasteiger partial charge in [-0.3, -0.25) is 4.79 Å². The van der Waals surface area contributed by atoms with E-state index in [0.717, 1.165) is 6.07 Å². The first-order chi connectivity index (χ1) is 12.4. The van der Waals surface area contributed by atoms with Crippen molar-refractivity contribution in [2.45, 2.75) is 6.61 Å². The van der Waals surface area contributed by atoms with Crippen LogP contribution in [0.5, 0.6) is 11.5 Å². The highest BCUT2D eigenvalue weighted by Crippen LogP contribution is 2.27. The summed E-state index contributed by atoms with van der Waals surface area (Å²) in [5.41, 5.74) is 0.368. The second-order valence-corrected chi connectivity index (χ2v) is 5.29. The first-order valence-electron chi connectivity index (χ1n) is 7.24. The fraction of sp³-hybridized carbons (Fsp3) is 0.176. The third kappa shape index (κ3) is 5.59. The Bertz CT molecular complexity index is 800. The Morgan fingerprint density at radius 1 is 1.19 bits per heavy atom. The fourth-order valence-corrected chi connectivity index (χ4v) is 2.21. The summed E-state index contributed by atoms with van der Waals surface area (Å²) in [4.78, 5) is 23.7. The molecule has 1 amide bonds. The van der Waals surface area contributed by atoms with Gasteiger partial charge >= 0.3 is 12.6 Å². The molecular formula is C17H14ClF2NO5. The number of anilines is 1. The van der Waals surface area contributed by atoms with Crippen molar-refractivity contribution >= 4 is 29.2 Å². The lowest BCUT2D eigenvalue weighted by Gasteiger charge is -2.09. The molecule has 0 radical (unpaired) electrons. The highest BCUT2D eigenvalue weighted by molar-refractivity contribution is 6.32. The van der Waals surface area contributed by atoms with Gasteiger partial charge < -0.3 is 19.5 Å². The number of halogens is 3. The van der Waals surface area contributed by atoms with Crippen LogP contribution in [0.15, 0.2) is 42.5 Å². The van der Waals surface area contributed by atoms with Crippen LogP contribution in [0.2, 0.25) is 5.02 Å². The molecule has 0 aliphatic rings. The van der Waals surface area contributed by atoms with E-state index in [4.69, 9.17) is 21.1 Å². The molecule has 0 aliphatic heterocycles. The minimum Gasteiger partial charge on any atom is -0.495 e. The Morgan fingerprint density at radius 3 is 2.62 bits per heavy atom. The van der Waals surface area contributed by atoms with Crippen molar-refractivity contribution in [3.8, 4) is 11.5 Å². The second-order valence-electron chi connectivity index (χ2n) is 4.88. The molecule has 2 aromatic rings. The topological polar surface area (TPSA) is 73.9 Å². The summed E-state index contributed by atoms with van der Waals surface area (Å²) < 4.78 is 38.4. The zero-order valence-electron chi connectivity index (χ0n) is 13.5. The highest BCUT2D eigenvalue weighted by atomic mass is 35.5. The van der Waals surface area contributed by atoms with E-state index in [1.54, 1.807) is 12.1 Å². The summed E-state index contributed by atoms with van der Waals surface area (Å²) in [5.74, 6) is -1.19. The number of esters is 1. The molecule has 0 saturated carbocycles. The lowest BCUT2D eigenvalue weighted by molar-refractivity contribution is -0.119. The molecule has 9 heteroatoms. The summed E-state index contributed by atoms with van der Waals surface area (Å²) in [7, 11) is 1.46. The highest BCUT2D eigenvalue weighted by Gasteiger charge is 2.13. The fourth-order valence-electron chi connectivity index (χ4n) is 1.95. The number of ether oxygens (including phenoxy) is 3. The van der Waals surface area contributed by atoms with Gasteiger partial charge in [0.2, 0.25) is 0 Å². The molecule has 0 bridgehead atoms. The smallest absolute Gasteiger partial charge is 0.387 e. The maximum Gasteiger partial charge on any atom is 0.387 e. The standard InChI is InChI=1S/C17H14ClF2NO5/c1-24-14-6-5-11(8-13(14)18)21-15(22)9-25-16(23)10-3-2-4-12(7-10)26-17(19)20/h2-8,17H,9H2,1H3,(H,21,22). The molecule has 1 N–H and O–H groups in total. The molecule has 2 aromatic carbocycles. The quantitative estimate of drug-likeness (QED) is 0.735. The molecule has 0 atom stereocenters. The van der Waals surface area contributed by atoms with E-state index in [0.29, 0.717) is 16.5 Å². The monoisotopic (exact) mass is 385 g/mol. The van der Waals surface area contributed by atoms with Gasteiger partial charge in [-0.15, -0.1) is 0 Å². The summed E-state index contributed by atoms with van der Waals surface area (Å²) in [6, 6.07) is 9.67. The predicted molar refractivity (Wildman–Crippen MR) is 90.0 cm³/mol.